The molecule has 0 saturated carbocycles. The summed E-state index contributed by atoms with van der Waals surface area (Å²) < 4.78 is 3.95. The fourth-order valence-corrected chi connectivity index (χ4v) is 2.97. The highest BCUT2D eigenvalue weighted by atomic mass is 15.3. The van der Waals surface area contributed by atoms with Gasteiger partial charge in [0.2, 0.25) is 0 Å². The lowest BCUT2D eigenvalue weighted by Gasteiger charge is -2.10. The Labute approximate surface area is 157 Å². The monoisotopic (exact) mass is 359 g/mol. The fraction of sp³-hybridized carbons (Fsp3) is 0.250. The Morgan fingerprint density at radius 3 is 2.85 bits per heavy atom. The van der Waals surface area contributed by atoms with Crippen LogP contribution in [-0.2, 0) is 13.1 Å². The van der Waals surface area contributed by atoms with Crippen molar-refractivity contribution in [1.82, 2.24) is 29.5 Å². The molecule has 3 heterocycles. The van der Waals surface area contributed by atoms with Crippen LogP contribution in [0.25, 0.3) is 16.6 Å². The van der Waals surface area contributed by atoms with Crippen molar-refractivity contribution in [3.63, 3.8) is 0 Å². The van der Waals surface area contributed by atoms with Crippen molar-refractivity contribution < 1.29 is 0 Å². The van der Waals surface area contributed by atoms with E-state index < -0.39 is 0 Å². The Morgan fingerprint density at radius 2 is 2.04 bits per heavy atom. The van der Waals surface area contributed by atoms with Crippen LogP contribution in [0.4, 0.5) is 0 Å². The number of fused-ring (bicyclic) bond motifs is 1. The summed E-state index contributed by atoms with van der Waals surface area (Å²) in [6.45, 7) is 3.68. The third kappa shape index (κ3) is 4.08. The normalized spacial score (nSPS) is 12.8. The highest BCUT2D eigenvalue weighted by molar-refractivity contribution is 5.80. The Bertz CT molecular complexity index is 1020. The first-order chi connectivity index (χ1) is 13.3. The SMILES string of the molecule is CC(CC=NCc1ccccn1)Cn1ncc2ccc(-n3cnnc3)cc21. The van der Waals surface area contributed by atoms with Gasteiger partial charge in [-0.25, -0.2) is 0 Å². The molecule has 4 aromatic rings. The van der Waals surface area contributed by atoms with Crippen molar-refractivity contribution in [2.45, 2.75) is 26.4 Å². The molecule has 0 N–H and O–H groups in total. The smallest absolute Gasteiger partial charge is 0.123 e. The predicted octanol–water partition coefficient (Wildman–Crippen LogP) is 3.31. The van der Waals surface area contributed by atoms with Crippen LogP contribution in [0.15, 0.2) is 66.4 Å². The van der Waals surface area contributed by atoms with Gasteiger partial charge in [0, 0.05) is 18.1 Å². The van der Waals surface area contributed by atoms with Gasteiger partial charge in [0.05, 0.1) is 29.6 Å². The highest BCUT2D eigenvalue weighted by Gasteiger charge is 2.08. The van der Waals surface area contributed by atoms with Crippen LogP contribution in [0.1, 0.15) is 19.0 Å². The van der Waals surface area contributed by atoms with Gasteiger partial charge in [-0.3, -0.25) is 19.2 Å². The summed E-state index contributed by atoms with van der Waals surface area (Å²) in [5.41, 5.74) is 3.12. The summed E-state index contributed by atoms with van der Waals surface area (Å²) in [7, 11) is 0. The number of nitrogens with zero attached hydrogens (tertiary/aromatic N) is 7. The van der Waals surface area contributed by atoms with Crippen molar-refractivity contribution in [3.8, 4) is 5.69 Å². The van der Waals surface area contributed by atoms with Gasteiger partial charge in [0.25, 0.3) is 0 Å². The maximum Gasteiger partial charge on any atom is 0.123 e. The average Bonchev–Trinajstić information content (AvgIpc) is 3.36. The van der Waals surface area contributed by atoms with Gasteiger partial charge in [0.1, 0.15) is 12.7 Å². The minimum absolute atomic E-state index is 0.430. The molecule has 1 aromatic carbocycles. The van der Waals surface area contributed by atoms with Crippen molar-refractivity contribution in [1.29, 1.82) is 0 Å². The molecule has 7 heteroatoms. The van der Waals surface area contributed by atoms with E-state index in [0.29, 0.717) is 12.5 Å². The van der Waals surface area contributed by atoms with E-state index in [2.05, 4.69) is 49.0 Å². The zero-order valence-electron chi connectivity index (χ0n) is 15.2. The molecule has 0 aliphatic rings. The summed E-state index contributed by atoms with van der Waals surface area (Å²) in [5.74, 6) is 0.430. The highest BCUT2D eigenvalue weighted by Crippen LogP contribution is 2.19. The van der Waals surface area contributed by atoms with E-state index in [-0.39, 0.29) is 0 Å². The number of aliphatic imine (C=N–C) groups is 1. The molecule has 0 saturated heterocycles. The minimum Gasteiger partial charge on any atom is -0.291 e. The van der Waals surface area contributed by atoms with E-state index in [9.17, 15) is 0 Å². The Morgan fingerprint density at radius 1 is 1.15 bits per heavy atom. The average molecular weight is 359 g/mol. The van der Waals surface area contributed by atoms with Gasteiger partial charge < -0.3 is 0 Å². The van der Waals surface area contributed by atoms with E-state index >= 15 is 0 Å². The Balaban J connectivity index is 1.41. The molecule has 7 nitrogen and oxygen atoms in total. The molecule has 0 bridgehead atoms. The third-order valence-electron chi connectivity index (χ3n) is 4.45. The Kier molecular flexibility index (Phi) is 5.00. The van der Waals surface area contributed by atoms with Gasteiger partial charge in [-0.2, -0.15) is 5.10 Å². The zero-order chi connectivity index (χ0) is 18.5. The number of pyridine rings is 1. The van der Waals surface area contributed by atoms with Crippen molar-refractivity contribution in [2.75, 3.05) is 0 Å². The molecule has 1 atom stereocenters. The number of rotatable bonds is 7. The molecular weight excluding hydrogens is 338 g/mol. The summed E-state index contributed by atoms with van der Waals surface area (Å²) in [6, 6.07) is 12.1. The van der Waals surface area contributed by atoms with Crippen molar-refractivity contribution >= 4 is 17.1 Å². The number of benzene rings is 1. The number of hydrogen-bond acceptors (Lipinski definition) is 5. The van der Waals surface area contributed by atoms with E-state index in [0.717, 1.165) is 35.2 Å². The minimum atomic E-state index is 0.430. The largest absolute Gasteiger partial charge is 0.291 e. The van der Waals surface area contributed by atoms with Crippen LogP contribution >= 0.6 is 0 Å². The second-order valence-corrected chi connectivity index (χ2v) is 6.62. The maximum atomic E-state index is 4.56. The van der Waals surface area contributed by atoms with Crippen LogP contribution in [0.2, 0.25) is 0 Å². The molecule has 0 aliphatic carbocycles. The van der Waals surface area contributed by atoms with E-state index in [1.165, 1.54) is 0 Å². The standard InChI is InChI=1S/C20H21N7/c1-16(7-9-21-12-18-4-2-3-8-22-18)13-27-20-10-19(26-14-23-24-15-26)6-5-17(20)11-25-27/h2-6,8-11,14-16H,7,12-13H2,1H3. The number of aromatic nitrogens is 6. The molecule has 136 valence electrons. The predicted molar refractivity (Wildman–Crippen MR) is 105 cm³/mol. The zero-order valence-corrected chi connectivity index (χ0v) is 15.2. The molecule has 0 fully saturated rings. The third-order valence-corrected chi connectivity index (χ3v) is 4.45. The van der Waals surface area contributed by atoms with Crippen molar-refractivity contribution in [3.05, 3.63) is 67.1 Å². The molecule has 0 amide bonds. The first kappa shape index (κ1) is 17.1. The van der Waals surface area contributed by atoms with Gasteiger partial charge in [-0.05, 0) is 48.9 Å². The van der Waals surface area contributed by atoms with E-state index in [1.807, 2.05) is 41.2 Å². The van der Waals surface area contributed by atoms with Gasteiger partial charge in [0.15, 0.2) is 0 Å². The fourth-order valence-electron chi connectivity index (χ4n) is 2.97. The molecule has 27 heavy (non-hydrogen) atoms. The maximum absolute atomic E-state index is 4.56. The molecule has 0 aliphatic heterocycles. The van der Waals surface area contributed by atoms with Gasteiger partial charge in [-0.15, -0.1) is 10.2 Å². The summed E-state index contributed by atoms with van der Waals surface area (Å²) in [4.78, 5) is 8.77. The molecular formula is C20H21N7. The summed E-state index contributed by atoms with van der Waals surface area (Å²) in [5, 5.41) is 13.4. The quantitative estimate of drug-likeness (QED) is 0.475. The van der Waals surface area contributed by atoms with Crippen LogP contribution < -0.4 is 0 Å². The number of hydrogen-bond donors (Lipinski definition) is 0. The lowest BCUT2D eigenvalue weighted by atomic mass is 10.1. The van der Waals surface area contributed by atoms with Gasteiger partial charge >= 0.3 is 0 Å². The van der Waals surface area contributed by atoms with Crippen LogP contribution in [0, 0.1) is 5.92 Å². The molecule has 4 rings (SSSR count). The van der Waals surface area contributed by atoms with E-state index in [1.54, 1.807) is 18.9 Å². The molecule has 1 unspecified atom stereocenters. The van der Waals surface area contributed by atoms with Gasteiger partial charge in [-0.1, -0.05) is 13.0 Å². The van der Waals surface area contributed by atoms with Crippen LogP contribution in [-0.4, -0.2) is 35.7 Å². The van der Waals surface area contributed by atoms with Crippen LogP contribution in [0.3, 0.4) is 0 Å². The molecule has 0 spiro atoms. The van der Waals surface area contributed by atoms with Crippen molar-refractivity contribution in [2.24, 2.45) is 10.9 Å². The summed E-state index contributed by atoms with van der Waals surface area (Å²) in [6.07, 6.45) is 10.00. The first-order valence-electron chi connectivity index (χ1n) is 8.98. The molecule has 3 aromatic heterocycles. The second kappa shape index (κ2) is 7.90. The first-order valence-corrected chi connectivity index (χ1v) is 8.98. The molecule has 0 radical (unpaired) electrons. The lowest BCUT2D eigenvalue weighted by Crippen LogP contribution is -2.09. The lowest BCUT2D eigenvalue weighted by molar-refractivity contribution is 0.475. The topological polar surface area (TPSA) is 73.8 Å². The second-order valence-electron chi connectivity index (χ2n) is 6.62. The Hall–Kier alpha value is -3.35. The summed E-state index contributed by atoms with van der Waals surface area (Å²) >= 11 is 0. The van der Waals surface area contributed by atoms with Crippen LogP contribution in [0.5, 0.6) is 0 Å². The van der Waals surface area contributed by atoms with E-state index in [4.69, 9.17) is 0 Å².